The first-order chi connectivity index (χ1) is 11.0. The van der Waals surface area contributed by atoms with Crippen LogP contribution < -0.4 is 10.1 Å². The first-order valence-electron chi connectivity index (χ1n) is 6.54. The van der Waals surface area contributed by atoms with Gasteiger partial charge in [0, 0.05) is 23.3 Å². The fraction of sp³-hybridized carbons (Fsp3) is 0.0625. The quantitative estimate of drug-likeness (QED) is 0.517. The van der Waals surface area contributed by atoms with Gasteiger partial charge in [-0.2, -0.15) is 0 Å². The van der Waals surface area contributed by atoms with Gasteiger partial charge in [-0.25, -0.2) is 4.39 Å². The van der Waals surface area contributed by atoms with Gasteiger partial charge in [-0.05, 0) is 40.2 Å². The number of rotatable bonds is 3. The molecule has 0 bridgehead atoms. The Hall–Kier alpha value is -1.56. The number of benzene rings is 2. The summed E-state index contributed by atoms with van der Waals surface area (Å²) in [5.41, 5.74) is 1.64. The molecule has 0 spiro atoms. The van der Waals surface area contributed by atoms with Crippen molar-refractivity contribution >= 4 is 61.4 Å². The second-order valence-corrected chi connectivity index (χ2v) is 6.35. The predicted octanol–water partition coefficient (Wildman–Crippen LogP) is 6.20. The van der Waals surface area contributed by atoms with Crippen molar-refractivity contribution in [2.24, 2.45) is 0 Å². The molecule has 3 rings (SSSR count). The number of hydrogen-bond donors (Lipinski definition) is 1. The molecule has 0 saturated carbocycles. The second kappa shape index (κ2) is 6.51. The van der Waals surface area contributed by atoms with E-state index in [9.17, 15) is 4.39 Å². The molecule has 2 aromatic carbocycles. The third-order valence-corrected chi connectivity index (χ3v) is 4.72. The molecule has 0 aliphatic carbocycles. The normalized spacial score (nSPS) is 10.8. The van der Waals surface area contributed by atoms with Gasteiger partial charge in [-0.15, -0.1) is 0 Å². The lowest BCUT2D eigenvalue weighted by Gasteiger charge is -2.13. The number of hydrogen-bond acceptors (Lipinski definition) is 3. The number of ether oxygens (including phenoxy) is 1. The Morgan fingerprint density at radius 3 is 2.70 bits per heavy atom. The Morgan fingerprint density at radius 2 is 1.96 bits per heavy atom. The van der Waals surface area contributed by atoms with E-state index in [1.165, 1.54) is 12.1 Å². The van der Waals surface area contributed by atoms with Crippen molar-refractivity contribution in [3.05, 3.63) is 56.9 Å². The second-order valence-electron chi connectivity index (χ2n) is 4.71. The number of methoxy groups -OCH3 is 1. The SMILES string of the molecule is COc1cc2nccc(Nc3ccc(Cl)c(Cl)c3F)c2cc1Br. The van der Waals surface area contributed by atoms with Crippen LogP contribution in [0.1, 0.15) is 0 Å². The van der Waals surface area contributed by atoms with Gasteiger partial charge in [-0.1, -0.05) is 23.2 Å². The molecular weight excluding hydrogens is 406 g/mol. The summed E-state index contributed by atoms with van der Waals surface area (Å²) in [4.78, 5) is 4.31. The zero-order chi connectivity index (χ0) is 16.6. The molecule has 118 valence electrons. The molecule has 0 fully saturated rings. The molecule has 0 unspecified atom stereocenters. The van der Waals surface area contributed by atoms with Gasteiger partial charge in [0.1, 0.15) is 5.75 Å². The number of halogens is 4. The maximum absolute atomic E-state index is 14.2. The third-order valence-electron chi connectivity index (χ3n) is 3.32. The molecule has 7 heteroatoms. The number of nitrogens with zero attached hydrogens (tertiary/aromatic N) is 1. The topological polar surface area (TPSA) is 34.1 Å². The van der Waals surface area contributed by atoms with Gasteiger partial charge >= 0.3 is 0 Å². The van der Waals surface area contributed by atoms with Crippen molar-refractivity contribution in [3.8, 4) is 5.75 Å². The first-order valence-corrected chi connectivity index (χ1v) is 8.09. The number of nitrogens with one attached hydrogen (secondary N) is 1. The van der Waals surface area contributed by atoms with Crippen molar-refractivity contribution in [1.82, 2.24) is 4.98 Å². The van der Waals surface area contributed by atoms with Crippen LogP contribution in [0.25, 0.3) is 10.9 Å². The van der Waals surface area contributed by atoms with Gasteiger partial charge in [-0.3, -0.25) is 4.98 Å². The van der Waals surface area contributed by atoms with Crippen molar-refractivity contribution in [1.29, 1.82) is 0 Å². The van der Waals surface area contributed by atoms with Crippen LogP contribution in [0.4, 0.5) is 15.8 Å². The number of anilines is 2. The maximum atomic E-state index is 14.2. The van der Waals surface area contributed by atoms with Gasteiger partial charge < -0.3 is 10.1 Å². The minimum atomic E-state index is -0.600. The van der Waals surface area contributed by atoms with Crippen LogP contribution in [0, 0.1) is 5.82 Å². The van der Waals surface area contributed by atoms with E-state index in [0.29, 0.717) is 11.4 Å². The summed E-state index contributed by atoms with van der Waals surface area (Å²) in [5, 5.41) is 3.89. The molecule has 1 N–H and O–H groups in total. The molecule has 0 amide bonds. The Labute approximate surface area is 150 Å². The minimum absolute atomic E-state index is 0.113. The van der Waals surface area contributed by atoms with Crippen LogP contribution in [-0.2, 0) is 0 Å². The van der Waals surface area contributed by atoms with Crippen LogP contribution in [0.5, 0.6) is 5.75 Å². The van der Waals surface area contributed by atoms with Crippen molar-refractivity contribution in [2.45, 2.75) is 0 Å². The summed E-state index contributed by atoms with van der Waals surface area (Å²) >= 11 is 15.1. The summed E-state index contributed by atoms with van der Waals surface area (Å²) in [6, 6.07) is 8.49. The molecule has 1 heterocycles. The van der Waals surface area contributed by atoms with E-state index in [0.717, 1.165) is 15.4 Å². The van der Waals surface area contributed by atoms with Gasteiger partial charge in [0.15, 0.2) is 5.82 Å². The highest BCUT2D eigenvalue weighted by atomic mass is 79.9. The lowest BCUT2D eigenvalue weighted by Crippen LogP contribution is -1.97. The summed E-state index contributed by atoms with van der Waals surface area (Å²) in [6.45, 7) is 0. The molecule has 0 aliphatic heterocycles. The standard InChI is InChI=1S/C16H10BrCl2FN2O/c1-23-14-7-13-8(6-9(14)17)11(4-5-21-13)22-12-3-2-10(18)15(19)16(12)20/h2-7H,1H3,(H,21,22). The van der Waals surface area contributed by atoms with Gasteiger partial charge in [0.25, 0.3) is 0 Å². The average Bonchev–Trinajstić information content (AvgIpc) is 2.55. The van der Waals surface area contributed by atoms with E-state index in [1.54, 1.807) is 25.4 Å². The van der Waals surface area contributed by atoms with E-state index in [1.807, 2.05) is 6.07 Å². The van der Waals surface area contributed by atoms with Gasteiger partial charge in [0.05, 0.1) is 32.8 Å². The van der Waals surface area contributed by atoms with Crippen molar-refractivity contribution in [2.75, 3.05) is 12.4 Å². The van der Waals surface area contributed by atoms with E-state index < -0.39 is 5.82 Å². The zero-order valence-electron chi connectivity index (χ0n) is 11.8. The van der Waals surface area contributed by atoms with E-state index in [4.69, 9.17) is 27.9 Å². The summed E-state index contributed by atoms with van der Waals surface area (Å²) in [6.07, 6.45) is 1.63. The van der Waals surface area contributed by atoms with Crippen LogP contribution in [0.15, 0.2) is 41.0 Å². The maximum Gasteiger partial charge on any atom is 0.166 e. The Balaban J connectivity index is 2.11. The zero-order valence-corrected chi connectivity index (χ0v) is 14.9. The lowest BCUT2D eigenvalue weighted by atomic mass is 10.1. The average molecular weight is 416 g/mol. The largest absolute Gasteiger partial charge is 0.495 e. The molecule has 0 saturated heterocycles. The molecule has 3 aromatic rings. The molecule has 0 aliphatic rings. The third kappa shape index (κ3) is 3.09. The van der Waals surface area contributed by atoms with Crippen molar-refractivity contribution in [3.63, 3.8) is 0 Å². The Kier molecular flexibility index (Phi) is 4.62. The first kappa shape index (κ1) is 16.3. The minimum Gasteiger partial charge on any atom is -0.495 e. The molecular formula is C16H10BrCl2FN2O. The summed E-state index contributed by atoms with van der Waals surface area (Å²) in [5.74, 6) is 0.0691. The Morgan fingerprint density at radius 1 is 1.17 bits per heavy atom. The molecule has 0 atom stereocenters. The fourth-order valence-electron chi connectivity index (χ4n) is 2.18. The molecule has 1 aromatic heterocycles. The predicted molar refractivity (Wildman–Crippen MR) is 95.7 cm³/mol. The Bertz CT molecular complexity index is 905. The van der Waals surface area contributed by atoms with Crippen LogP contribution in [0.2, 0.25) is 10.0 Å². The summed E-state index contributed by atoms with van der Waals surface area (Å²) < 4.78 is 20.3. The van der Waals surface area contributed by atoms with E-state index in [-0.39, 0.29) is 15.7 Å². The smallest absolute Gasteiger partial charge is 0.166 e. The number of fused-ring (bicyclic) bond motifs is 1. The highest BCUT2D eigenvalue weighted by Crippen LogP contribution is 2.36. The van der Waals surface area contributed by atoms with E-state index >= 15 is 0 Å². The van der Waals surface area contributed by atoms with E-state index in [2.05, 4.69) is 26.2 Å². The number of aromatic nitrogens is 1. The lowest BCUT2D eigenvalue weighted by molar-refractivity contribution is 0.412. The number of pyridine rings is 1. The van der Waals surface area contributed by atoms with Crippen LogP contribution in [0.3, 0.4) is 0 Å². The highest BCUT2D eigenvalue weighted by molar-refractivity contribution is 9.10. The van der Waals surface area contributed by atoms with Crippen LogP contribution >= 0.6 is 39.1 Å². The fourth-order valence-corrected chi connectivity index (χ4v) is 3.00. The molecule has 3 nitrogen and oxygen atoms in total. The highest BCUT2D eigenvalue weighted by Gasteiger charge is 2.13. The summed E-state index contributed by atoms with van der Waals surface area (Å²) in [7, 11) is 1.58. The monoisotopic (exact) mass is 414 g/mol. The molecule has 23 heavy (non-hydrogen) atoms. The molecule has 0 radical (unpaired) electrons. The van der Waals surface area contributed by atoms with Gasteiger partial charge in [0.2, 0.25) is 0 Å². The van der Waals surface area contributed by atoms with Crippen LogP contribution in [-0.4, -0.2) is 12.1 Å². The van der Waals surface area contributed by atoms with Crippen molar-refractivity contribution < 1.29 is 9.13 Å².